The van der Waals surface area contributed by atoms with Gasteiger partial charge in [0.15, 0.2) is 0 Å². The molecule has 4 N–H and O–H groups in total. The van der Waals surface area contributed by atoms with Crippen LogP contribution in [-0.2, 0) is 0 Å². The molecule has 0 amide bonds. The second-order valence-corrected chi connectivity index (χ2v) is 2.78. The zero-order chi connectivity index (χ0) is 8.20. The second-order valence-electron chi connectivity index (χ2n) is 1.62. The van der Waals surface area contributed by atoms with E-state index in [-0.39, 0.29) is 34.9 Å². The summed E-state index contributed by atoms with van der Waals surface area (Å²) in [6.07, 6.45) is -4.96. The number of hydrogen-bond donors (Lipinski definition) is 2. The van der Waals surface area contributed by atoms with Crippen molar-refractivity contribution in [3.63, 3.8) is 0 Å². The van der Waals surface area contributed by atoms with E-state index in [4.69, 9.17) is 11.1 Å². The lowest BCUT2D eigenvalue weighted by atomic mass is 10.5. The first-order chi connectivity index (χ1) is 4.42. The Hall–Kier alpha value is 0.340. The Bertz CT molecular complexity index is 127. The van der Waals surface area contributed by atoms with Gasteiger partial charge in [-0.1, -0.05) is 0 Å². The van der Waals surface area contributed by atoms with Gasteiger partial charge in [-0.05, 0) is 11.8 Å². The molecule has 7 heteroatoms. The monoisotopic (exact) mass is 300 g/mol. The van der Waals surface area contributed by atoms with Crippen LogP contribution in [0.5, 0.6) is 0 Å². The molecule has 0 rings (SSSR count). The third kappa shape index (κ3) is 13.3. The summed E-state index contributed by atoms with van der Waals surface area (Å²) < 4.78 is 34.2. The fourth-order valence-electron chi connectivity index (χ4n) is 0.285. The van der Waals surface area contributed by atoms with Crippen LogP contribution in [0.2, 0.25) is 0 Å². The summed E-state index contributed by atoms with van der Waals surface area (Å²) in [6.45, 7) is 0. The van der Waals surface area contributed by atoms with Crippen LogP contribution < -0.4 is 35.1 Å². The van der Waals surface area contributed by atoms with Crippen LogP contribution in [0.3, 0.4) is 0 Å². The molecule has 0 aromatic rings. The Labute approximate surface area is 83.6 Å². The largest absolute Gasteiger partial charge is 1.00 e. The number of halogens is 4. The summed E-state index contributed by atoms with van der Waals surface area (Å²) in [6, 6.07) is 0. The van der Waals surface area contributed by atoms with Crippen molar-refractivity contribution in [1.29, 1.82) is 0 Å². The van der Waals surface area contributed by atoms with Crippen LogP contribution >= 0.6 is 11.8 Å². The van der Waals surface area contributed by atoms with E-state index in [2.05, 4.69) is 0 Å². The van der Waals surface area contributed by atoms with Crippen molar-refractivity contribution in [2.24, 2.45) is 5.73 Å². The smallest absolute Gasteiger partial charge is 0.389 e. The number of alkyl halides is 3. The van der Waals surface area contributed by atoms with Crippen LogP contribution in [0.4, 0.5) is 13.2 Å². The lowest BCUT2D eigenvalue weighted by Crippen LogP contribution is -3.00. The normalized spacial score (nSPS) is 10.5. The number of thioether (sulfide) groups is 1. The van der Waals surface area contributed by atoms with E-state index in [1.54, 1.807) is 0 Å². The first-order valence-corrected chi connectivity index (χ1v) is 3.48. The highest BCUT2D eigenvalue weighted by Gasteiger charge is 2.26. The number of hydrogen-bond acceptors (Lipinski definition) is 1. The zero-order valence-electron chi connectivity index (χ0n) is 5.49. The van der Waals surface area contributed by atoms with E-state index >= 15 is 0 Å². The van der Waals surface area contributed by atoms with Gasteiger partial charge < -0.3 is 24.0 Å². The predicted octanol–water partition coefficient (Wildman–Crippen LogP) is -3.25. The molecule has 0 aliphatic heterocycles. The Morgan fingerprint density at radius 3 is 2.18 bits per heavy atom. The molecule has 0 radical (unpaired) electrons. The first kappa shape index (κ1) is 13.9. The van der Waals surface area contributed by atoms with Crippen LogP contribution in [0, 0.1) is 0 Å². The maximum Gasteiger partial charge on any atom is 0.389 e. The van der Waals surface area contributed by atoms with Crippen LogP contribution in [-0.4, -0.2) is 17.1 Å². The van der Waals surface area contributed by atoms with Gasteiger partial charge in [-0.25, -0.2) is 0 Å². The summed E-state index contributed by atoms with van der Waals surface area (Å²) in [5, 5.41) is 4.89. The summed E-state index contributed by atoms with van der Waals surface area (Å²) >= 11 is 0.810. The molecule has 0 fully saturated rings. The quantitative estimate of drug-likeness (QED) is 0.320. The molecule has 0 spiro atoms. The van der Waals surface area contributed by atoms with Gasteiger partial charge in [0.1, 0.15) is 0 Å². The van der Waals surface area contributed by atoms with E-state index in [0.717, 1.165) is 11.8 Å². The lowest BCUT2D eigenvalue weighted by Gasteiger charge is -2.02. The van der Waals surface area contributed by atoms with Crippen LogP contribution in [0.15, 0.2) is 0 Å². The molecular weight excluding hydrogens is 292 g/mol. The van der Waals surface area contributed by atoms with Crippen LogP contribution in [0.25, 0.3) is 0 Å². The topological polar surface area (TPSA) is 51.6 Å². The van der Waals surface area contributed by atoms with Gasteiger partial charge in [0.2, 0.25) is 0 Å². The average Bonchev–Trinajstić information content (AvgIpc) is 1.59. The molecule has 2 nitrogen and oxygen atoms in total. The maximum atomic E-state index is 11.4. The van der Waals surface area contributed by atoms with Crippen LogP contribution in [0.1, 0.15) is 6.42 Å². The standard InChI is InChI=1S/C4H7F3N2S.HI/c5-4(6,7)1-2-10-3(8)9;/h1-2H2,(H3,8,9);1H. The molecule has 0 heterocycles. The van der Waals surface area contributed by atoms with Crippen molar-refractivity contribution < 1.29 is 42.6 Å². The van der Waals surface area contributed by atoms with E-state index in [1.807, 2.05) is 0 Å². The average molecular weight is 300 g/mol. The highest BCUT2D eigenvalue weighted by Crippen LogP contribution is 2.21. The third-order valence-corrected chi connectivity index (χ3v) is 1.40. The van der Waals surface area contributed by atoms with E-state index in [0.29, 0.717) is 0 Å². The molecule has 0 bridgehead atoms. The summed E-state index contributed by atoms with van der Waals surface area (Å²) in [4.78, 5) is 0. The molecule has 0 aromatic heterocycles. The summed E-state index contributed by atoms with van der Waals surface area (Å²) in [7, 11) is 0. The summed E-state index contributed by atoms with van der Waals surface area (Å²) in [5.41, 5.74) is 4.91. The predicted molar refractivity (Wildman–Crippen MR) is 34.2 cm³/mol. The number of rotatable bonds is 2. The van der Waals surface area contributed by atoms with Gasteiger partial charge in [-0.15, -0.1) is 0 Å². The molecule has 0 unspecified atom stereocenters. The Morgan fingerprint density at radius 2 is 1.91 bits per heavy atom. The molecule has 0 aromatic carbocycles. The molecule has 11 heavy (non-hydrogen) atoms. The van der Waals surface area contributed by atoms with Crippen molar-refractivity contribution in [1.82, 2.24) is 0 Å². The first-order valence-electron chi connectivity index (χ1n) is 2.49. The maximum absolute atomic E-state index is 11.4. The van der Waals surface area contributed by atoms with Gasteiger partial charge in [0.05, 0.1) is 6.42 Å². The fourth-order valence-corrected chi connectivity index (χ4v) is 0.854. The van der Waals surface area contributed by atoms with Gasteiger partial charge in [-0.2, -0.15) is 13.2 Å². The van der Waals surface area contributed by atoms with E-state index in [9.17, 15) is 13.2 Å². The highest BCUT2D eigenvalue weighted by molar-refractivity contribution is 8.13. The summed E-state index contributed by atoms with van der Waals surface area (Å²) in [5.74, 6) is -0.105. The van der Waals surface area contributed by atoms with Gasteiger partial charge in [0, 0.05) is 5.75 Å². The van der Waals surface area contributed by atoms with Crippen molar-refractivity contribution in [3.05, 3.63) is 0 Å². The molecule has 68 valence electrons. The fraction of sp³-hybridized carbons (Fsp3) is 0.750. The molecule has 0 atom stereocenters. The zero-order valence-corrected chi connectivity index (χ0v) is 8.46. The number of amidine groups is 1. The Kier molecular flexibility index (Phi) is 7.48. The second kappa shape index (κ2) is 5.92. The Balaban J connectivity index is 0. The van der Waals surface area contributed by atoms with E-state index in [1.165, 1.54) is 0 Å². The van der Waals surface area contributed by atoms with Crippen molar-refractivity contribution in [3.8, 4) is 0 Å². The molecule has 0 aliphatic rings. The molecular formula is C4H8F3IN2S. The molecule has 0 saturated heterocycles. The van der Waals surface area contributed by atoms with Gasteiger partial charge >= 0.3 is 6.18 Å². The highest BCUT2D eigenvalue weighted by atomic mass is 127. The minimum atomic E-state index is -4.11. The third-order valence-electron chi connectivity index (χ3n) is 0.654. The van der Waals surface area contributed by atoms with Gasteiger partial charge in [-0.3, -0.25) is 11.1 Å². The molecule has 0 aliphatic carbocycles. The molecule has 0 saturated carbocycles. The minimum Gasteiger partial charge on any atom is -1.00 e. The Morgan fingerprint density at radius 1 is 1.45 bits per heavy atom. The van der Waals surface area contributed by atoms with Crippen molar-refractivity contribution in [2.45, 2.75) is 12.6 Å². The SMILES string of the molecule is NC(=[NH2+])SCCC(F)(F)F.[I-]. The minimum absolute atomic E-state index is 0. The lowest BCUT2D eigenvalue weighted by molar-refractivity contribution is -0.129. The van der Waals surface area contributed by atoms with E-state index < -0.39 is 12.6 Å². The number of nitrogens with two attached hydrogens (primary N) is 2. The van der Waals surface area contributed by atoms with Gasteiger partial charge in [0.25, 0.3) is 5.17 Å². The van der Waals surface area contributed by atoms with Crippen molar-refractivity contribution >= 4 is 16.9 Å². The van der Waals surface area contributed by atoms with Crippen molar-refractivity contribution in [2.75, 3.05) is 5.75 Å².